The van der Waals surface area contributed by atoms with E-state index in [4.69, 9.17) is 9.05 Å². The number of unbranched alkanes of at least 4 members (excludes halogenated alkanes) is 40. The molecule has 0 aliphatic carbocycles. The van der Waals surface area contributed by atoms with Crippen LogP contribution in [0.3, 0.4) is 0 Å². The van der Waals surface area contributed by atoms with Crippen molar-refractivity contribution in [3.63, 3.8) is 0 Å². The van der Waals surface area contributed by atoms with Crippen LogP contribution >= 0.6 is 7.82 Å². The summed E-state index contributed by atoms with van der Waals surface area (Å²) >= 11 is 0. The average molecular weight is 942 g/mol. The zero-order valence-corrected chi connectivity index (χ0v) is 45.1. The van der Waals surface area contributed by atoms with Gasteiger partial charge >= 0.3 is 0 Å². The molecule has 3 unspecified atom stereocenters. The number of rotatable bonds is 53. The normalized spacial score (nSPS) is 14.0. The van der Waals surface area contributed by atoms with E-state index in [9.17, 15) is 19.4 Å². The van der Waals surface area contributed by atoms with Crippen LogP contribution in [-0.2, 0) is 18.4 Å². The Labute approximate surface area is 405 Å². The van der Waals surface area contributed by atoms with E-state index in [1.165, 1.54) is 231 Å². The number of nitrogens with zero attached hydrogens (tertiary/aromatic N) is 1. The van der Waals surface area contributed by atoms with Crippen molar-refractivity contribution in [2.75, 3.05) is 40.9 Å². The predicted octanol–water partition coefficient (Wildman–Crippen LogP) is 16.4. The highest BCUT2D eigenvalue weighted by Gasteiger charge is 2.23. The number of carbonyl (C=O) groups excluding carboxylic acids is 1. The number of likely N-dealkylation sites (N-methyl/N-ethyl adjacent to an activating group) is 1. The molecule has 0 aromatic carbocycles. The minimum atomic E-state index is -4.57. The van der Waals surface area contributed by atoms with Gasteiger partial charge in [0.25, 0.3) is 7.82 Å². The van der Waals surface area contributed by atoms with E-state index < -0.39 is 20.0 Å². The Bertz CT molecular complexity index is 1070. The van der Waals surface area contributed by atoms with Crippen molar-refractivity contribution in [3.05, 3.63) is 12.2 Å². The maximum Gasteiger partial charge on any atom is 0.268 e. The van der Waals surface area contributed by atoms with Gasteiger partial charge in [-0.3, -0.25) is 9.36 Å². The molecule has 0 saturated carbocycles. The first-order valence-corrected chi connectivity index (χ1v) is 30.0. The standard InChI is InChI=1S/C56H113N2O6P/c1-6-8-10-12-13-14-15-16-17-18-19-20-21-22-23-24-25-26-27-28-29-30-31-32-33-34-35-36-37-38-39-40-41-42-43-44-45-46-48-50-56(60)57-54(55(59)49-47-11-9-7-2)53-64-65(61,62)63-52-51-58(3,4)5/h47,49,54-55,59H,6-46,48,50-53H2,1-5H3,(H-,57,60,61,62)/b49-47+. The molecule has 0 bridgehead atoms. The molecule has 0 aromatic heterocycles. The van der Waals surface area contributed by atoms with E-state index in [2.05, 4.69) is 19.2 Å². The molecular formula is C56H113N2O6P. The van der Waals surface area contributed by atoms with Gasteiger partial charge in [-0.05, 0) is 12.8 Å². The molecule has 8 nitrogen and oxygen atoms in total. The lowest BCUT2D eigenvalue weighted by Gasteiger charge is -2.29. The number of phosphoric ester groups is 1. The Balaban J connectivity index is 3.58. The Morgan fingerprint density at radius 1 is 0.523 bits per heavy atom. The number of allylic oxidation sites excluding steroid dienone is 1. The van der Waals surface area contributed by atoms with E-state index >= 15 is 0 Å². The summed E-state index contributed by atoms with van der Waals surface area (Å²) in [5.74, 6) is -0.201. The van der Waals surface area contributed by atoms with Gasteiger partial charge in [-0.2, -0.15) is 0 Å². The van der Waals surface area contributed by atoms with Gasteiger partial charge in [0, 0.05) is 6.42 Å². The highest BCUT2D eigenvalue weighted by atomic mass is 31.2. The number of quaternary nitrogens is 1. The highest BCUT2D eigenvalue weighted by molar-refractivity contribution is 7.45. The molecule has 65 heavy (non-hydrogen) atoms. The average Bonchev–Trinajstić information content (AvgIpc) is 3.26. The fraction of sp³-hybridized carbons (Fsp3) is 0.946. The van der Waals surface area contributed by atoms with Crippen LogP contribution in [0, 0.1) is 0 Å². The molecular weight excluding hydrogens is 828 g/mol. The van der Waals surface area contributed by atoms with Crippen LogP contribution in [0.2, 0.25) is 0 Å². The van der Waals surface area contributed by atoms with E-state index in [1.54, 1.807) is 6.08 Å². The number of aliphatic hydroxyl groups is 1. The van der Waals surface area contributed by atoms with Gasteiger partial charge in [0.15, 0.2) is 0 Å². The fourth-order valence-corrected chi connectivity index (χ4v) is 9.45. The van der Waals surface area contributed by atoms with Crippen LogP contribution in [0.4, 0.5) is 0 Å². The second-order valence-electron chi connectivity index (χ2n) is 21.0. The molecule has 0 radical (unpaired) electrons. The van der Waals surface area contributed by atoms with Crippen molar-refractivity contribution in [2.45, 2.75) is 302 Å². The monoisotopic (exact) mass is 941 g/mol. The third-order valence-electron chi connectivity index (χ3n) is 13.2. The molecule has 0 heterocycles. The van der Waals surface area contributed by atoms with Crippen LogP contribution < -0.4 is 10.2 Å². The van der Waals surface area contributed by atoms with Crippen molar-refractivity contribution in [3.8, 4) is 0 Å². The molecule has 0 aromatic rings. The van der Waals surface area contributed by atoms with Gasteiger partial charge in [-0.1, -0.05) is 283 Å². The minimum Gasteiger partial charge on any atom is -0.756 e. The van der Waals surface area contributed by atoms with Crippen molar-refractivity contribution < 1.29 is 32.9 Å². The van der Waals surface area contributed by atoms with Gasteiger partial charge in [-0.15, -0.1) is 0 Å². The maximum atomic E-state index is 12.7. The summed E-state index contributed by atoms with van der Waals surface area (Å²) in [5.41, 5.74) is 0. The number of carbonyl (C=O) groups is 1. The molecule has 2 N–H and O–H groups in total. The molecule has 9 heteroatoms. The largest absolute Gasteiger partial charge is 0.756 e. The molecule has 0 aliphatic heterocycles. The topological polar surface area (TPSA) is 108 Å². The highest BCUT2D eigenvalue weighted by Crippen LogP contribution is 2.38. The number of phosphoric acid groups is 1. The van der Waals surface area contributed by atoms with Crippen LogP contribution in [0.25, 0.3) is 0 Å². The van der Waals surface area contributed by atoms with E-state index in [0.717, 1.165) is 38.5 Å². The summed E-state index contributed by atoms with van der Waals surface area (Å²) in [6, 6.07) is -0.877. The Morgan fingerprint density at radius 3 is 1.14 bits per heavy atom. The summed E-state index contributed by atoms with van der Waals surface area (Å²) < 4.78 is 23.0. The van der Waals surface area contributed by atoms with Gasteiger partial charge in [0.2, 0.25) is 5.91 Å². The molecule has 0 aliphatic rings. The van der Waals surface area contributed by atoms with Crippen LogP contribution in [0.5, 0.6) is 0 Å². The first-order chi connectivity index (χ1) is 31.5. The van der Waals surface area contributed by atoms with Crippen LogP contribution in [0.15, 0.2) is 12.2 Å². The van der Waals surface area contributed by atoms with Crippen molar-refractivity contribution >= 4 is 13.7 Å². The zero-order chi connectivity index (χ0) is 47.8. The summed E-state index contributed by atoms with van der Waals surface area (Å²) in [6.07, 6.45) is 59.8. The van der Waals surface area contributed by atoms with Gasteiger partial charge in [0.05, 0.1) is 39.9 Å². The molecule has 0 saturated heterocycles. The number of amides is 1. The third-order valence-corrected chi connectivity index (χ3v) is 14.2. The second kappa shape index (κ2) is 48.3. The lowest BCUT2D eigenvalue weighted by atomic mass is 10.0. The SMILES string of the molecule is CCCC/C=C/C(O)C(COP(=O)([O-])OCC[N+](C)(C)C)NC(=O)CCCCCCCCCCCCCCCCCCCCCCCCCCCCCCCCCCCCCCCCC. The van der Waals surface area contributed by atoms with Gasteiger partial charge < -0.3 is 28.8 Å². The zero-order valence-electron chi connectivity index (χ0n) is 44.2. The lowest BCUT2D eigenvalue weighted by molar-refractivity contribution is -0.870. The quantitative estimate of drug-likeness (QED) is 0.0272. The fourth-order valence-electron chi connectivity index (χ4n) is 8.73. The molecule has 1 amide bonds. The summed E-state index contributed by atoms with van der Waals surface area (Å²) in [6.45, 7) is 4.52. The van der Waals surface area contributed by atoms with Gasteiger partial charge in [-0.25, -0.2) is 0 Å². The summed E-state index contributed by atoms with van der Waals surface area (Å²) in [7, 11) is 1.27. The second-order valence-corrected chi connectivity index (χ2v) is 22.4. The minimum absolute atomic E-state index is 0.000563. The summed E-state index contributed by atoms with van der Waals surface area (Å²) in [5, 5.41) is 13.5. The van der Waals surface area contributed by atoms with Crippen molar-refractivity contribution in [2.24, 2.45) is 0 Å². The molecule has 388 valence electrons. The Hall–Kier alpha value is -0.760. The maximum absolute atomic E-state index is 12.7. The Morgan fingerprint density at radius 2 is 0.831 bits per heavy atom. The predicted molar refractivity (Wildman–Crippen MR) is 279 cm³/mol. The number of nitrogens with one attached hydrogen (secondary N) is 1. The van der Waals surface area contributed by atoms with Crippen molar-refractivity contribution in [1.82, 2.24) is 5.32 Å². The Kier molecular flexibility index (Phi) is 47.7. The smallest absolute Gasteiger partial charge is 0.268 e. The third kappa shape index (κ3) is 50.9. The van der Waals surface area contributed by atoms with Crippen molar-refractivity contribution in [1.29, 1.82) is 0 Å². The summed E-state index contributed by atoms with van der Waals surface area (Å²) in [4.78, 5) is 25.1. The van der Waals surface area contributed by atoms with Crippen LogP contribution in [0.1, 0.15) is 290 Å². The van der Waals surface area contributed by atoms with Crippen LogP contribution in [-0.4, -0.2) is 68.5 Å². The van der Waals surface area contributed by atoms with E-state index in [0.29, 0.717) is 17.4 Å². The molecule has 3 atom stereocenters. The number of hydrogen-bond acceptors (Lipinski definition) is 6. The first-order valence-electron chi connectivity index (χ1n) is 28.6. The molecule has 0 fully saturated rings. The van der Waals surface area contributed by atoms with Gasteiger partial charge in [0.1, 0.15) is 13.2 Å². The van der Waals surface area contributed by atoms with E-state index in [1.807, 2.05) is 27.2 Å². The first kappa shape index (κ1) is 64.2. The molecule has 0 rings (SSSR count). The number of aliphatic hydroxyl groups excluding tert-OH is 1. The number of hydrogen-bond donors (Lipinski definition) is 2. The molecule has 0 spiro atoms. The van der Waals surface area contributed by atoms with E-state index in [-0.39, 0.29) is 19.1 Å². The lowest BCUT2D eigenvalue weighted by Crippen LogP contribution is -2.45.